The molecule has 0 amide bonds. The molecule has 2 heterocycles. The van der Waals surface area contributed by atoms with Crippen LogP contribution in [0.15, 0.2) is 17.5 Å². The number of nitrogens with one attached hydrogen (secondary N) is 1. The summed E-state index contributed by atoms with van der Waals surface area (Å²) in [7, 11) is 2.24. The minimum absolute atomic E-state index is 0.537. The molecule has 1 unspecified atom stereocenters. The van der Waals surface area contributed by atoms with Crippen molar-refractivity contribution in [2.45, 2.75) is 19.4 Å². The Hall–Kier alpha value is -0.420. The maximum atomic E-state index is 3.46. The second-order valence-electron chi connectivity index (χ2n) is 5.12. The van der Waals surface area contributed by atoms with Crippen LogP contribution in [0.3, 0.4) is 0 Å². The van der Waals surface area contributed by atoms with Gasteiger partial charge in [-0.3, -0.25) is 4.90 Å². The highest BCUT2D eigenvalue weighted by atomic mass is 32.1. The zero-order chi connectivity index (χ0) is 12.8. The molecule has 1 aromatic heterocycles. The summed E-state index contributed by atoms with van der Waals surface area (Å²) in [4.78, 5) is 6.51. The van der Waals surface area contributed by atoms with Crippen LogP contribution in [-0.4, -0.2) is 56.1 Å². The smallest absolute Gasteiger partial charge is 0.0410 e. The molecule has 4 heteroatoms. The van der Waals surface area contributed by atoms with E-state index in [9.17, 15) is 0 Å². The molecule has 1 aliphatic rings. The van der Waals surface area contributed by atoms with Gasteiger partial charge in [0.05, 0.1) is 0 Å². The van der Waals surface area contributed by atoms with Crippen molar-refractivity contribution in [3.8, 4) is 0 Å². The van der Waals surface area contributed by atoms with Gasteiger partial charge in [0.15, 0.2) is 0 Å². The van der Waals surface area contributed by atoms with Crippen molar-refractivity contribution in [1.82, 2.24) is 15.1 Å². The van der Waals surface area contributed by atoms with Crippen LogP contribution in [-0.2, 0) is 0 Å². The fourth-order valence-corrected chi connectivity index (χ4v) is 3.21. The van der Waals surface area contributed by atoms with E-state index >= 15 is 0 Å². The van der Waals surface area contributed by atoms with Crippen molar-refractivity contribution in [1.29, 1.82) is 0 Å². The quantitative estimate of drug-likeness (QED) is 0.881. The van der Waals surface area contributed by atoms with E-state index in [0.29, 0.717) is 6.04 Å². The molecule has 1 atom stereocenters. The molecule has 2 rings (SSSR count). The fraction of sp³-hybridized carbons (Fsp3) is 0.714. The van der Waals surface area contributed by atoms with Crippen LogP contribution in [0.4, 0.5) is 0 Å². The zero-order valence-electron chi connectivity index (χ0n) is 11.6. The predicted octanol–water partition coefficient (Wildman–Crippen LogP) is 2.04. The Kier molecular flexibility index (Phi) is 5.63. The van der Waals surface area contributed by atoms with E-state index in [4.69, 9.17) is 0 Å². The van der Waals surface area contributed by atoms with E-state index in [2.05, 4.69) is 46.6 Å². The molecule has 3 nitrogen and oxygen atoms in total. The first-order chi connectivity index (χ1) is 8.77. The van der Waals surface area contributed by atoms with Gasteiger partial charge in [0, 0.05) is 37.1 Å². The third kappa shape index (κ3) is 4.05. The van der Waals surface area contributed by atoms with Gasteiger partial charge in [-0.1, -0.05) is 6.07 Å². The van der Waals surface area contributed by atoms with E-state index in [1.165, 1.54) is 37.5 Å². The molecule has 0 aromatic carbocycles. The van der Waals surface area contributed by atoms with Gasteiger partial charge in [0.25, 0.3) is 0 Å². The average Bonchev–Trinajstić information content (AvgIpc) is 2.79. The maximum absolute atomic E-state index is 3.46. The van der Waals surface area contributed by atoms with E-state index < -0.39 is 0 Å². The third-order valence-electron chi connectivity index (χ3n) is 3.82. The van der Waals surface area contributed by atoms with E-state index in [1.54, 1.807) is 0 Å². The van der Waals surface area contributed by atoms with Crippen LogP contribution >= 0.6 is 11.3 Å². The standard InChI is InChI=1S/C14H25N3S/c1-13(14-5-3-12-18-14)16(2)10-11-17-8-4-6-15-7-9-17/h3,5,12-13,15H,4,6-11H2,1-2H3. The van der Waals surface area contributed by atoms with Crippen LogP contribution in [0.25, 0.3) is 0 Å². The lowest BCUT2D eigenvalue weighted by Gasteiger charge is -2.27. The minimum Gasteiger partial charge on any atom is -0.315 e. The minimum atomic E-state index is 0.537. The molecule has 18 heavy (non-hydrogen) atoms. The van der Waals surface area contributed by atoms with Gasteiger partial charge < -0.3 is 10.2 Å². The number of hydrogen-bond donors (Lipinski definition) is 1. The van der Waals surface area contributed by atoms with Gasteiger partial charge in [-0.05, 0) is 44.9 Å². The van der Waals surface area contributed by atoms with Crippen LogP contribution in [0.2, 0.25) is 0 Å². The molecule has 102 valence electrons. The van der Waals surface area contributed by atoms with E-state index in [1.807, 2.05) is 11.3 Å². The summed E-state index contributed by atoms with van der Waals surface area (Å²) in [5.41, 5.74) is 0. The lowest BCUT2D eigenvalue weighted by atomic mass is 10.2. The fourth-order valence-electron chi connectivity index (χ4n) is 2.36. The molecule has 1 fully saturated rings. The van der Waals surface area contributed by atoms with Gasteiger partial charge in [-0.15, -0.1) is 11.3 Å². The summed E-state index contributed by atoms with van der Waals surface area (Å²) >= 11 is 1.86. The molecule has 1 saturated heterocycles. The van der Waals surface area contributed by atoms with E-state index in [-0.39, 0.29) is 0 Å². The Labute approximate surface area is 115 Å². The highest BCUT2D eigenvalue weighted by molar-refractivity contribution is 7.10. The van der Waals surface area contributed by atoms with Crippen molar-refractivity contribution in [2.75, 3.05) is 46.3 Å². The first-order valence-electron chi connectivity index (χ1n) is 6.94. The van der Waals surface area contributed by atoms with Crippen molar-refractivity contribution in [2.24, 2.45) is 0 Å². The number of rotatable bonds is 5. The number of thiophene rings is 1. The van der Waals surface area contributed by atoms with Crippen LogP contribution in [0, 0.1) is 0 Å². The van der Waals surface area contributed by atoms with Gasteiger partial charge >= 0.3 is 0 Å². The monoisotopic (exact) mass is 267 g/mol. The van der Waals surface area contributed by atoms with E-state index in [0.717, 1.165) is 13.1 Å². The largest absolute Gasteiger partial charge is 0.315 e. The summed E-state index contributed by atoms with van der Waals surface area (Å²) in [6.07, 6.45) is 1.28. The highest BCUT2D eigenvalue weighted by Crippen LogP contribution is 2.22. The molecule has 0 bridgehead atoms. The summed E-state index contributed by atoms with van der Waals surface area (Å²) < 4.78 is 0. The number of nitrogens with zero attached hydrogens (tertiary/aromatic N) is 2. The first kappa shape index (κ1) is 14.0. The van der Waals surface area contributed by atoms with Crippen molar-refractivity contribution in [3.05, 3.63) is 22.4 Å². The van der Waals surface area contributed by atoms with Gasteiger partial charge in [0.1, 0.15) is 0 Å². The van der Waals surface area contributed by atoms with Crippen molar-refractivity contribution >= 4 is 11.3 Å². The molecule has 0 spiro atoms. The van der Waals surface area contributed by atoms with Gasteiger partial charge in [0.2, 0.25) is 0 Å². The Morgan fingerprint density at radius 1 is 1.44 bits per heavy atom. The summed E-state index contributed by atoms with van der Waals surface area (Å²) in [6, 6.07) is 4.92. The van der Waals surface area contributed by atoms with Crippen molar-refractivity contribution < 1.29 is 0 Å². The average molecular weight is 267 g/mol. The third-order valence-corrected chi connectivity index (χ3v) is 4.86. The summed E-state index contributed by atoms with van der Waals surface area (Å²) in [5, 5.41) is 5.62. The SMILES string of the molecule is CC(c1cccs1)N(C)CCN1CCCNCC1. The molecular weight excluding hydrogens is 242 g/mol. The lowest BCUT2D eigenvalue weighted by Crippen LogP contribution is -2.36. The van der Waals surface area contributed by atoms with Gasteiger partial charge in [-0.25, -0.2) is 0 Å². The first-order valence-corrected chi connectivity index (χ1v) is 7.82. The Morgan fingerprint density at radius 3 is 3.11 bits per heavy atom. The second-order valence-corrected chi connectivity index (χ2v) is 6.10. The molecule has 0 radical (unpaired) electrons. The maximum Gasteiger partial charge on any atom is 0.0410 e. The molecule has 0 aliphatic carbocycles. The number of hydrogen-bond acceptors (Lipinski definition) is 4. The predicted molar refractivity (Wildman–Crippen MR) is 79.3 cm³/mol. The van der Waals surface area contributed by atoms with Crippen LogP contribution < -0.4 is 5.32 Å². The number of likely N-dealkylation sites (N-methyl/N-ethyl adjacent to an activating group) is 1. The summed E-state index contributed by atoms with van der Waals surface area (Å²) in [5.74, 6) is 0. The Balaban J connectivity index is 1.75. The molecule has 1 aromatic rings. The molecule has 0 saturated carbocycles. The Morgan fingerprint density at radius 2 is 2.33 bits per heavy atom. The normalized spacial score (nSPS) is 19.9. The highest BCUT2D eigenvalue weighted by Gasteiger charge is 2.14. The van der Waals surface area contributed by atoms with Gasteiger partial charge in [-0.2, -0.15) is 0 Å². The molecular formula is C14H25N3S. The second kappa shape index (κ2) is 7.24. The van der Waals surface area contributed by atoms with Crippen molar-refractivity contribution in [3.63, 3.8) is 0 Å². The van der Waals surface area contributed by atoms with Crippen LogP contribution in [0.1, 0.15) is 24.3 Å². The lowest BCUT2D eigenvalue weighted by molar-refractivity contribution is 0.204. The molecule has 1 N–H and O–H groups in total. The topological polar surface area (TPSA) is 18.5 Å². The zero-order valence-corrected chi connectivity index (χ0v) is 12.4. The van der Waals surface area contributed by atoms with Crippen LogP contribution in [0.5, 0.6) is 0 Å². The molecule has 1 aliphatic heterocycles. The Bertz CT molecular complexity index is 318. The summed E-state index contributed by atoms with van der Waals surface area (Å²) in [6.45, 7) is 9.40.